The van der Waals surface area contributed by atoms with Gasteiger partial charge in [0.2, 0.25) is 11.8 Å². The summed E-state index contributed by atoms with van der Waals surface area (Å²) in [4.78, 5) is 28.4. The number of hydrogen-bond donors (Lipinski definition) is 1. The van der Waals surface area contributed by atoms with E-state index in [4.69, 9.17) is 11.6 Å². The topological polar surface area (TPSA) is 52.7 Å². The lowest BCUT2D eigenvalue weighted by Gasteiger charge is -2.29. The molecule has 1 aliphatic rings. The number of halogens is 1. The van der Waals surface area contributed by atoms with Crippen LogP contribution >= 0.6 is 11.6 Å². The summed E-state index contributed by atoms with van der Waals surface area (Å²) in [6.45, 7) is 6.07. The quantitative estimate of drug-likeness (QED) is 0.856. The number of carbonyl (C=O) groups is 2. The van der Waals surface area contributed by atoms with Gasteiger partial charge >= 0.3 is 0 Å². The van der Waals surface area contributed by atoms with E-state index >= 15 is 0 Å². The molecular formula is C18H26ClN3O2. The molecule has 0 aliphatic carbocycles. The number of benzene rings is 1. The van der Waals surface area contributed by atoms with E-state index < -0.39 is 0 Å². The van der Waals surface area contributed by atoms with Crippen LogP contribution in [0.3, 0.4) is 0 Å². The number of rotatable bonds is 6. The molecule has 1 N–H and O–H groups in total. The highest BCUT2D eigenvalue weighted by atomic mass is 35.5. The summed E-state index contributed by atoms with van der Waals surface area (Å²) < 4.78 is 0. The average molecular weight is 352 g/mol. The molecule has 2 rings (SSSR count). The first-order valence-corrected chi connectivity index (χ1v) is 8.55. The van der Waals surface area contributed by atoms with Crippen molar-refractivity contribution in [3.8, 4) is 0 Å². The van der Waals surface area contributed by atoms with Crippen LogP contribution in [-0.2, 0) is 9.59 Å². The van der Waals surface area contributed by atoms with E-state index in [-0.39, 0.29) is 29.6 Å². The fourth-order valence-corrected chi connectivity index (χ4v) is 3.41. The van der Waals surface area contributed by atoms with Crippen LogP contribution in [-0.4, -0.2) is 50.4 Å². The van der Waals surface area contributed by atoms with Crippen LogP contribution in [0.1, 0.15) is 20.3 Å². The lowest BCUT2D eigenvalue weighted by Crippen LogP contribution is -2.42. The van der Waals surface area contributed by atoms with Gasteiger partial charge < -0.3 is 15.1 Å². The zero-order chi connectivity index (χ0) is 17.9. The smallest absolute Gasteiger partial charge is 0.227 e. The van der Waals surface area contributed by atoms with Crippen molar-refractivity contribution in [1.82, 2.24) is 10.2 Å². The van der Waals surface area contributed by atoms with Crippen LogP contribution in [0.15, 0.2) is 24.3 Å². The molecule has 6 heteroatoms. The molecule has 2 amide bonds. The van der Waals surface area contributed by atoms with Crippen LogP contribution < -0.4 is 10.2 Å². The number of para-hydroxylation sites is 1. The van der Waals surface area contributed by atoms with Gasteiger partial charge in [-0.25, -0.2) is 0 Å². The lowest BCUT2D eigenvalue weighted by molar-refractivity contribution is -0.126. The molecular weight excluding hydrogens is 326 g/mol. The molecule has 1 heterocycles. The normalized spacial score (nSPS) is 18.3. The first-order chi connectivity index (χ1) is 11.2. The minimum absolute atomic E-state index is 0.0236. The van der Waals surface area contributed by atoms with Crippen molar-refractivity contribution >= 4 is 29.1 Å². The van der Waals surface area contributed by atoms with E-state index in [1.165, 1.54) is 0 Å². The molecule has 0 spiro atoms. The fourth-order valence-electron chi connectivity index (χ4n) is 3.17. The van der Waals surface area contributed by atoms with E-state index in [0.717, 1.165) is 6.54 Å². The summed E-state index contributed by atoms with van der Waals surface area (Å²) in [5.74, 6) is -0.454. The fraction of sp³-hybridized carbons (Fsp3) is 0.556. The Morgan fingerprint density at radius 1 is 1.38 bits per heavy atom. The third-order valence-corrected chi connectivity index (χ3v) is 4.44. The van der Waals surface area contributed by atoms with Gasteiger partial charge in [0.25, 0.3) is 0 Å². The number of nitrogens with one attached hydrogen (secondary N) is 1. The highest BCUT2D eigenvalue weighted by molar-refractivity contribution is 6.33. The highest BCUT2D eigenvalue weighted by Gasteiger charge is 2.36. The number of amides is 2. The minimum Gasteiger partial charge on any atom is -0.355 e. The second-order valence-corrected chi connectivity index (χ2v) is 7.88. The zero-order valence-corrected chi connectivity index (χ0v) is 15.6. The third kappa shape index (κ3) is 4.71. The largest absolute Gasteiger partial charge is 0.355 e. The predicted octanol–water partition coefficient (Wildman–Crippen LogP) is 2.40. The molecule has 0 bridgehead atoms. The van der Waals surface area contributed by atoms with E-state index in [0.29, 0.717) is 23.8 Å². The van der Waals surface area contributed by atoms with Crippen molar-refractivity contribution in [3.63, 3.8) is 0 Å². The molecule has 0 unspecified atom stereocenters. The Bertz CT molecular complexity index is 616. The summed E-state index contributed by atoms with van der Waals surface area (Å²) in [6.07, 6.45) is 0.227. The lowest BCUT2D eigenvalue weighted by atomic mass is 9.92. The van der Waals surface area contributed by atoms with Gasteiger partial charge in [0.1, 0.15) is 0 Å². The Balaban J connectivity index is 1.96. The molecule has 24 heavy (non-hydrogen) atoms. The van der Waals surface area contributed by atoms with Crippen LogP contribution in [0.25, 0.3) is 0 Å². The first kappa shape index (κ1) is 18.7. The zero-order valence-electron chi connectivity index (χ0n) is 14.8. The maximum Gasteiger partial charge on any atom is 0.227 e. The van der Waals surface area contributed by atoms with Crippen LogP contribution in [0.5, 0.6) is 0 Å². The predicted molar refractivity (Wildman–Crippen MR) is 97.3 cm³/mol. The van der Waals surface area contributed by atoms with Gasteiger partial charge in [0, 0.05) is 26.1 Å². The van der Waals surface area contributed by atoms with E-state index in [1.54, 1.807) is 17.0 Å². The standard InChI is InChI=1S/C18H26ClN3O2/c1-18(2,12-21(3)4)11-20-17(24)13-9-16(23)22(10-13)15-8-6-5-7-14(15)19/h5-8,13H,9-12H2,1-4H3,(H,20,24)/t13-/m1/s1. The summed E-state index contributed by atoms with van der Waals surface area (Å²) in [7, 11) is 4.03. The summed E-state index contributed by atoms with van der Waals surface area (Å²) in [6, 6.07) is 7.22. The van der Waals surface area contributed by atoms with Crippen molar-refractivity contribution in [2.24, 2.45) is 11.3 Å². The van der Waals surface area contributed by atoms with Crippen molar-refractivity contribution < 1.29 is 9.59 Å². The van der Waals surface area contributed by atoms with E-state index in [1.807, 2.05) is 26.2 Å². The molecule has 1 aliphatic heterocycles. The Morgan fingerprint density at radius 2 is 2.04 bits per heavy atom. The van der Waals surface area contributed by atoms with Crippen molar-refractivity contribution in [1.29, 1.82) is 0 Å². The molecule has 0 aromatic heterocycles. The summed E-state index contributed by atoms with van der Waals surface area (Å²) in [5.41, 5.74) is 0.650. The molecule has 1 aromatic rings. The highest BCUT2D eigenvalue weighted by Crippen LogP contribution is 2.31. The minimum atomic E-state index is -0.330. The van der Waals surface area contributed by atoms with Crippen LogP contribution in [0, 0.1) is 11.3 Å². The SMILES string of the molecule is CN(C)CC(C)(C)CNC(=O)[C@@H]1CC(=O)N(c2ccccc2Cl)C1. The Hall–Kier alpha value is -1.59. The number of carbonyl (C=O) groups excluding carboxylic acids is 2. The van der Waals surface area contributed by atoms with Crippen molar-refractivity contribution in [2.45, 2.75) is 20.3 Å². The molecule has 1 saturated heterocycles. The van der Waals surface area contributed by atoms with Gasteiger partial charge in [-0.3, -0.25) is 9.59 Å². The molecule has 1 atom stereocenters. The Morgan fingerprint density at radius 3 is 2.67 bits per heavy atom. The second-order valence-electron chi connectivity index (χ2n) is 7.48. The van der Waals surface area contributed by atoms with Gasteiger partial charge in [0.15, 0.2) is 0 Å². The monoisotopic (exact) mass is 351 g/mol. The van der Waals surface area contributed by atoms with Crippen LogP contribution in [0.2, 0.25) is 5.02 Å². The summed E-state index contributed by atoms with van der Waals surface area (Å²) >= 11 is 6.17. The van der Waals surface area contributed by atoms with Gasteiger partial charge in [-0.1, -0.05) is 37.6 Å². The summed E-state index contributed by atoms with van der Waals surface area (Å²) in [5, 5.41) is 3.53. The van der Waals surface area contributed by atoms with Gasteiger partial charge in [-0.05, 0) is 31.6 Å². The Kier molecular flexibility index (Phi) is 5.88. The maximum absolute atomic E-state index is 12.4. The number of hydrogen-bond acceptors (Lipinski definition) is 3. The third-order valence-electron chi connectivity index (χ3n) is 4.12. The molecule has 132 valence electrons. The van der Waals surface area contributed by atoms with Gasteiger partial charge in [0.05, 0.1) is 16.6 Å². The number of nitrogens with zero attached hydrogens (tertiary/aromatic N) is 2. The molecule has 5 nitrogen and oxygen atoms in total. The molecule has 1 fully saturated rings. The molecule has 1 aromatic carbocycles. The maximum atomic E-state index is 12.4. The Labute approximate surface area is 149 Å². The second kappa shape index (κ2) is 7.53. The van der Waals surface area contributed by atoms with Crippen LogP contribution in [0.4, 0.5) is 5.69 Å². The van der Waals surface area contributed by atoms with E-state index in [2.05, 4.69) is 24.1 Å². The van der Waals surface area contributed by atoms with Gasteiger partial charge in [-0.15, -0.1) is 0 Å². The van der Waals surface area contributed by atoms with E-state index in [9.17, 15) is 9.59 Å². The number of anilines is 1. The molecule has 0 saturated carbocycles. The van der Waals surface area contributed by atoms with Gasteiger partial charge in [-0.2, -0.15) is 0 Å². The van der Waals surface area contributed by atoms with Crippen molar-refractivity contribution in [3.05, 3.63) is 29.3 Å². The average Bonchev–Trinajstić information content (AvgIpc) is 2.86. The van der Waals surface area contributed by atoms with Crippen molar-refractivity contribution in [2.75, 3.05) is 38.6 Å². The molecule has 0 radical (unpaired) electrons. The first-order valence-electron chi connectivity index (χ1n) is 8.17.